The Hall–Kier alpha value is -4.99. The SMILES string of the molecule is CCC1(C)CCN(C(=O)OCc2ccccc2)CCCC1=O.CCC1CCN(C(=O)OCc2ccccc2)CCCC1=O.O=C=O.O=C=O.[2H]CF. The van der Waals surface area contributed by atoms with Crippen LogP contribution < -0.4 is 0 Å². The van der Waals surface area contributed by atoms with Crippen LogP contribution in [0.1, 0.15) is 84.6 Å². The highest BCUT2D eigenvalue weighted by Crippen LogP contribution is 2.31. The lowest BCUT2D eigenvalue weighted by atomic mass is 9.77. The molecule has 0 spiro atoms. The number of nitrogens with zero attached hydrogens (tertiary/aromatic N) is 2. The van der Waals surface area contributed by atoms with Crippen molar-refractivity contribution in [3.63, 3.8) is 0 Å². The molecule has 2 saturated heterocycles. The molecular weight excluding hydrogens is 663 g/mol. The van der Waals surface area contributed by atoms with Gasteiger partial charge in [0.2, 0.25) is 0 Å². The van der Waals surface area contributed by atoms with Crippen LogP contribution >= 0.6 is 0 Å². The molecule has 4 rings (SSSR count). The van der Waals surface area contributed by atoms with Gasteiger partial charge in [0.25, 0.3) is 0 Å². The molecule has 2 unspecified atom stereocenters. The number of ketones is 2. The summed E-state index contributed by atoms with van der Waals surface area (Å²) in [6.45, 7) is 9.07. The number of hydrogen-bond donors (Lipinski definition) is 0. The molecule has 0 aromatic heterocycles. The molecule has 12 nitrogen and oxygen atoms in total. The molecule has 2 amide bonds. The molecular formula is C38H51FN2O10. The first-order chi connectivity index (χ1) is 25.0. The zero-order valence-corrected chi connectivity index (χ0v) is 29.8. The van der Waals surface area contributed by atoms with Crippen LogP contribution in [0.15, 0.2) is 60.7 Å². The summed E-state index contributed by atoms with van der Waals surface area (Å²) < 4.78 is 26.3. The Bertz CT molecular complexity index is 1370. The molecule has 0 aliphatic carbocycles. The highest BCUT2D eigenvalue weighted by Gasteiger charge is 2.33. The number of amides is 2. The molecule has 51 heavy (non-hydrogen) atoms. The predicted molar refractivity (Wildman–Crippen MR) is 183 cm³/mol. The fraction of sp³-hybridized carbons (Fsp3) is 0.526. The lowest BCUT2D eigenvalue weighted by Crippen LogP contribution is -2.40. The second kappa shape index (κ2) is 27.8. The number of carbonyl (C=O) groups excluding carboxylic acids is 8. The van der Waals surface area contributed by atoms with E-state index in [1.54, 1.807) is 9.80 Å². The van der Waals surface area contributed by atoms with E-state index in [1.807, 2.05) is 81.4 Å². The zero-order chi connectivity index (χ0) is 39.2. The van der Waals surface area contributed by atoms with Crippen molar-refractivity contribution in [2.75, 3.05) is 33.3 Å². The Morgan fingerprint density at radius 2 is 1.24 bits per heavy atom. The molecule has 0 bridgehead atoms. The molecule has 2 heterocycles. The second-order valence-electron chi connectivity index (χ2n) is 11.9. The second-order valence-corrected chi connectivity index (χ2v) is 11.9. The van der Waals surface area contributed by atoms with Crippen molar-refractivity contribution in [1.29, 1.82) is 0 Å². The van der Waals surface area contributed by atoms with Crippen LogP contribution in [0.25, 0.3) is 0 Å². The van der Waals surface area contributed by atoms with Crippen molar-refractivity contribution in [3.05, 3.63) is 71.8 Å². The molecule has 0 saturated carbocycles. The highest BCUT2D eigenvalue weighted by molar-refractivity contribution is 5.84. The fourth-order valence-corrected chi connectivity index (χ4v) is 5.39. The van der Waals surface area contributed by atoms with Crippen LogP contribution in [0, 0.1) is 11.3 Å². The average Bonchev–Trinajstić information content (AvgIpc) is 3.14. The average molecular weight is 716 g/mol. The van der Waals surface area contributed by atoms with E-state index in [2.05, 4.69) is 0 Å². The quantitative estimate of drug-likeness (QED) is 0.318. The lowest BCUT2D eigenvalue weighted by molar-refractivity contribution is -0.193. The first-order valence-corrected chi connectivity index (χ1v) is 16.8. The van der Waals surface area contributed by atoms with Gasteiger partial charge < -0.3 is 19.3 Å². The van der Waals surface area contributed by atoms with Gasteiger partial charge >= 0.3 is 24.5 Å². The first-order valence-electron chi connectivity index (χ1n) is 17.5. The van der Waals surface area contributed by atoms with Crippen molar-refractivity contribution in [2.45, 2.75) is 85.4 Å². The molecule has 0 N–H and O–H groups in total. The summed E-state index contributed by atoms with van der Waals surface area (Å²) in [6, 6.07) is 19.3. The van der Waals surface area contributed by atoms with Crippen molar-refractivity contribution >= 4 is 36.1 Å². The number of rotatable bonds is 6. The number of ether oxygens (including phenoxy) is 2. The van der Waals surface area contributed by atoms with Crippen LogP contribution in [-0.2, 0) is 51.5 Å². The Labute approximate surface area is 301 Å². The largest absolute Gasteiger partial charge is 0.445 e. The summed E-state index contributed by atoms with van der Waals surface area (Å²) in [4.78, 5) is 84.4. The smallest absolute Gasteiger partial charge is 0.410 e. The summed E-state index contributed by atoms with van der Waals surface area (Å²) in [7, 11) is -1.00. The number of benzene rings is 2. The monoisotopic (exact) mass is 715 g/mol. The van der Waals surface area contributed by atoms with Crippen molar-refractivity contribution < 1.29 is 53.6 Å². The normalized spacial score (nSPS) is 18.7. The standard InChI is InChI=1S/C18H25NO3.C17H23NO3.CH3F.2CO2/c1-3-18(2)11-13-19(12-7-10-16(18)20)17(21)22-14-15-8-5-4-6-9-15;1-2-15-10-12-18(11-6-9-16(15)19)17(20)21-13-14-7-4-3-5-8-14;1-2;2*2-1-3/h4-6,8-9H,3,7,10-14H2,1-2H3;3-5,7-8,15H,2,6,9-13H2,1H3;1H3;;/i;;1D;;. The summed E-state index contributed by atoms with van der Waals surface area (Å²) in [5, 5.41) is 0. The molecule has 2 fully saturated rings. The molecule has 2 aliphatic rings. The third kappa shape index (κ3) is 18.5. The van der Waals surface area contributed by atoms with Crippen LogP contribution in [0.2, 0.25) is 0 Å². The third-order valence-electron chi connectivity index (χ3n) is 8.69. The Balaban J connectivity index is 0.000000815. The van der Waals surface area contributed by atoms with Crippen LogP contribution in [0.3, 0.4) is 0 Å². The minimum absolute atomic E-state index is 0.0923. The highest BCUT2D eigenvalue weighted by atomic mass is 19.1. The van der Waals surface area contributed by atoms with Crippen molar-refractivity contribution in [1.82, 2.24) is 9.80 Å². The van der Waals surface area contributed by atoms with E-state index in [-0.39, 0.29) is 35.8 Å². The van der Waals surface area contributed by atoms with E-state index < -0.39 is 7.15 Å². The predicted octanol–water partition coefficient (Wildman–Crippen LogP) is 6.62. The van der Waals surface area contributed by atoms with E-state index in [1.165, 1.54) is 0 Å². The van der Waals surface area contributed by atoms with Gasteiger partial charge in [-0.1, -0.05) is 81.4 Å². The number of Topliss-reactive ketones (excluding diaryl/α,β-unsaturated/α-hetero) is 2. The Kier molecular flexibility index (Phi) is 24.0. The maximum Gasteiger partial charge on any atom is 0.410 e. The molecule has 13 heteroatoms. The van der Waals surface area contributed by atoms with Crippen molar-refractivity contribution in [2.24, 2.45) is 11.3 Å². The van der Waals surface area contributed by atoms with E-state index in [0.717, 1.165) is 43.2 Å². The maximum absolute atomic E-state index is 12.2. The van der Waals surface area contributed by atoms with Gasteiger partial charge in [-0.25, -0.2) is 9.59 Å². The number of hydrogen-bond acceptors (Lipinski definition) is 10. The minimum atomic E-state index is -1.00. The van der Waals surface area contributed by atoms with Crippen LogP contribution in [0.4, 0.5) is 14.0 Å². The van der Waals surface area contributed by atoms with Gasteiger partial charge in [-0.3, -0.25) is 14.0 Å². The minimum Gasteiger partial charge on any atom is -0.445 e. The zero-order valence-electron chi connectivity index (χ0n) is 30.8. The van der Waals surface area contributed by atoms with E-state index in [4.69, 9.17) is 30.0 Å². The topological polar surface area (TPSA) is 161 Å². The van der Waals surface area contributed by atoms with E-state index in [0.29, 0.717) is 70.2 Å². The number of likely N-dealkylation sites (tertiary alicyclic amines) is 2. The van der Waals surface area contributed by atoms with Gasteiger partial charge in [-0.05, 0) is 49.7 Å². The number of carbonyl (C=O) groups is 4. The fourth-order valence-electron chi connectivity index (χ4n) is 5.39. The maximum atomic E-state index is 12.2. The van der Waals surface area contributed by atoms with Crippen molar-refractivity contribution in [3.8, 4) is 0 Å². The molecule has 2 aliphatic heterocycles. The van der Waals surface area contributed by atoms with E-state index in [9.17, 15) is 23.6 Å². The molecule has 2 atom stereocenters. The van der Waals surface area contributed by atoms with Crippen LogP contribution in [-0.4, -0.2) is 79.2 Å². The van der Waals surface area contributed by atoms with Gasteiger partial charge in [0.15, 0.2) is 0 Å². The molecule has 280 valence electrons. The summed E-state index contributed by atoms with van der Waals surface area (Å²) in [5.41, 5.74) is 1.66. The third-order valence-corrected chi connectivity index (χ3v) is 8.69. The molecule has 0 radical (unpaired) electrons. The van der Waals surface area contributed by atoms with E-state index >= 15 is 0 Å². The van der Waals surface area contributed by atoms with Gasteiger partial charge in [-0.2, -0.15) is 19.2 Å². The van der Waals surface area contributed by atoms with Gasteiger partial charge in [0.05, 0.1) is 8.52 Å². The Morgan fingerprint density at radius 1 is 0.804 bits per heavy atom. The summed E-state index contributed by atoms with van der Waals surface area (Å²) in [6.07, 6.45) is 5.64. The van der Waals surface area contributed by atoms with Gasteiger partial charge in [-0.15, -0.1) is 0 Å². The number of halogens is 1. The summed E-state index contributed by atoms with van der Waals surface area (Å²) in [5.74, 6) is 0.761. The summed E-state index contributed by atoms with van der Waals surface area (Å²) >= 11 is 0. The van der Waals surface area contributed by atoms with Crippen LogP contribution in [0.5, 0.6) is 0 Å². The molecule has 2 aromatic rings. The Morgan fingerprint density at radius 3 is 1.67 bits per heavy atom. The number of alkyl halides is 1. The van der Waals surface area contributed by atoms with Gasteiger partial charge in [0.1, 0.15) is 24.8 Å². The lowest BCUT2D eigenvalue weighted by Gasteiger charge is -2.33. The van der Waals surface area contributed by atoms with Gasteiger partial charge in [0, 0.05) is 50.4 Å². The first kappa shape index (κ1) is 44.0. The molecule has 2 aromatic carbocycles.